The molecule has 0 aromatic heterocycles. The third-order valence-electron chi connectivity index (χ3n) is 3.39. The summed E-state index contributed by atoms with van der Waals surface area (Å²) in [4.78, 5) is 4.56. The highest BCUT2D eigenvalue weighted by Crippen LogP contribution is 2.17. The smallest absolute Gasteiger partial charge is 0.0641 e. The molecular formula is C18H21N. The first kappa shape index (κ1) is 13.5. The van der Waals surface area contributed by atoms with Gasteiger partial charge in [-0.15, -0.1) is 0 Å². The Kier molecular flexibility index (Phi) is 4.51. The van der Waals surface area contributed by atoms with Crippen molar-refractivity contribution >= 4 is 6.21 Å². The Morgan fingerprint density at radius 3 is 2.21 bits per heavy atom. The molecule has 98 valence electrons. The van der Waals surface area contributed by atoms with Crippen LogP contribution in [0.4, 0.5) is 0 Å². The number of aliphatic imine (C=N–C) groups is 1. The summed E-state index contributed by atoms with van der Waals surface area (Å²) in [6, 6.07) is 14.9. The zero-order valence-corrected chi connectivity index (χ0v) is 12.0. The molecule has 0 amide bonds. The van der Waals surface area contributed by atoms with E-state index in [0.717, 1.165) is 13.0 Å². The van der Waals surface area contributed by atoms with Crippen LogP contribution in [0.15, 0.2) is 47.5 Å². The highest BCUT2D eigenvalue weighted by Gasteiger charge is 2.02. The summed E-state index contributed by atoms with van der Waals surface area (Å²) in [6.07, 6.45) is 2.93. The van der Waals surface area contributed by atoms with Gasteiger partial charge in [0.15, 0.2) is 0 Å². The van der Waals surface area contributed by atoms with Gasteiger partial charge in [-0.05, 0) is 43.0 Å². The summed E-state index contributed by atoms with van der Waals surface area (Å²) < 4.78 is 0. The Morgan fingerprint density at radius 1 is 0.947 bits per heavy atom. The van der Waals surface area contributed by atoms with Gasteiger partial charge in [0.05, 0.1) is 6.54 Å². The molecule has 0 unspecified atom stereocenters. The third-order valence-corrected chi connectivity index (χ3v) is 3.39. The number of hydrogen-bond acceptors (Lipinski definition) is 1. The molecule has 0 atom stereocenters. The van der Waals surface area contributed by atoms with Gasteiger partial charge < -0.3 is 0 Å². The molecule has 0 saturated carbocycles. The van der Waals surface area contributed by atoms with Crippen LogP contribution in [0.3, 0.4) is 0 Å². The lowest BCUT2D eigenvalue weighted by Crippen LogP contribution is -1.94. The van der Waals surface area contributed by atoms with Crippen molar-refractivity contribution < 1.29 is 0 Å². The Labute approximate surface area is 116 Å². The van der Waals surface area contributed by atoms with E-state index in [0.29, 0.717) is 0 Å². The second-order valence-corrected chi connectivity index (χ2v) is 5.09. The van der Waals surface area contributed by atoms with Crippen LogP contribution in [0.25, 0.3) is 0 Å². The van der Waals surface area contributed by atoms with E-state index in [4.69, 9.17) is 0 Å². The Bertz CT molecular complexity index is 544. The van der Waals surface area contributed by atoms with Crippen molar-refractivity contribution in [3.05, 3.63) is 70.3 Å². The topological polar surface area (TPSA) is 12.4 Å². The predicted molar refractivity (Wildman–Crippen MR) is 83.0 cm³/mol. The lowest BCUT2D eigenvalue weighted by molar-refractivity contribution is 1.02. The van der Waals surface area contributed by atoms with Gasteiger partial charge in [0.25, 0.3) is 0 Å². The molecule has 0 aliphatic heterocycles. The first-order valence-corrected chi connectivity index (χ1v) is 6.76. The molecule has 19 heavy (non-hydrogen) atoms. The van der Waals surface area contributed by atoms with Gasteiger partial charge in [-0.2, -0.15) is 0 Å². The second-order valence-electron chi connectivity index (χ2n) is 5.09. The summed E-state index contributed by atoms with van der Waals surface area (Å²) in [7, 11) is 0. The Balaban J connectivity index is 1.99. The summed E-state index contributed by atoms with van der Waals surface area (Å²) in [5.74, 6) is 0. The average molecular weight is 251 g/mol. The van der Waals surface area contributed by atoms with Crippen molar-refractivity contribution in [1.82, 2.24) is 0 Å². The van der Waals surface area contributed by atoms with E-state index in [9.17, 15) is 0 Å². The van der Waals surface area contributed by atoms with E-state index < -0.39 is 0 Å². The van der Waals surface area contributed by atoms with Gasteiger partial charge in [-0.25, -0.2) is 0 Å². The molecule has 0 fully saturated rings. The second kappa shape index (κ2) is 6.33. The van der Waals surface area contributed by atoms with Crippen molar-refractivity contribution in [2.24, 2.45) is 4.99 Å². The average Bonchev–Trinajstić information content (AvgIpc) is 2.38. The monoisotopic (exact) mass is 251 g/mol. The van der Waals surface area contributed by atoms with Gasteiger partial charge in [0, 0.05) is 12.6 Å². The van der Waals surface area contributed by atoms with Crippen LogP contribution in [0.1, 0.15) is 27.8 Å². The van der Waals surface area contributed by atoms with Crippen LogP contribution < -0.4 is 0 Å². The fourth-order valence-corrected chi connectivity index (χ4v) is 2.40. The van der Waals surface area contributed by atoms with Gasteiger partial charge in [0.2, 0.25) is 0 Å². The van der Waals surface area contributed by atoms with Crippen LogP contribution in [-0.4, -0.2) is 6.21 Å². The van der Waals surface area contributed by atoms with Gasteiger partial charge in [-0.1, -0.05) is 48.0 Å². The lowest BCUT2D eigenvalue weighted by atomic mass is 10.00. The molecular weight excluding hydrogens is 230 g/mol. The molecule has 0 aliphatic rings. The molecule has 0 spiro atoms. The van der Waals surface area contributed by atoms with Crippen LogP contribution in [0.2, 0.25) is 0 Å². The zero-order chi connectivity index (χ0) is 13.7. The third kappa shape index (κ3) is 3.78. The Hall–Kier alpha value is -1.89. The molecule has 0 N–H and O–H groups in total. The van der Waals surface area contributed by atoms with Crippen molar-refractivity contribution in [1.29, 1.82) is 0 Å². The van der Waals surface area contributed by atoms with Crippen LogP contribution >= 0.6 is 0 Å². The fourth-order valence-electron chi connectivity index (χ4n) is 2.40. The molecule has 1 nitrogen and oxygen atoms in total. The van der Waals surface area contributed by atoms with Crippen LogP contribution in [0, 0.1) is 20.8 Å². The van der Waals surface area contributed by atoms with E-state index in [2.05, 4.69) is 62.2 Å². The van der Waals surface area contributed by atoms with E-state index >= 15 is 0 Å². The minimum Gasteiger partial charge on any atom is -0.292 e. The molecule has 2 rings (SSSR count). The van der Waals surface area contributed by atoms with Crippen molar-refractivity contribution in [3.63, 3.8) is 0 Å². The summed E-state index contributed by atoms with van der Waals surface area (Å²) in [5, 5.41) is 0. The van der Waals surface area contributed by atoms with Crippen molar-refractivity contribution in [2.75, 3.05) is 0 Å². The number of aryl methyl sites for hydroxylation is 3. The van der Waals surface area contributed by atoms with E-state index in [1.54, 1.807) is 0 Å². The summed E-state index contributed by atoms with van der Waals surface area (Å²) in [5.41, 5.74) is 6.68. The predicted octanol–water partition coefficient (Wildman–Crippen LogP) is 4.43. The van der Waals surface area contributed by atoms with E-state index in [1.165, 1.54) is 27.8 Å². The summed E-state index contributed by atoms with van der Waals surface area (Å²) in [6.45, 7) is 7.26. The zero-order valence-electron chi connectivity index (χ0n) is 12.0. The van der Waals surface area contributed by atoms with E-state index in [1.807, 2.05) is 12.3 Å². The molecule has 0 saturated heterocycles. The Morgan fingerprint density at radius 2 is 1.58 bits per heavy atom. The standard InChI is InChI=1S/C18H21N/c1-14-11-15(2)18(16(3)12-14)13-19-10-9-17-7-5-4-6-8-17/h4-8,10-12H,9,13H2,1-3H3. The van der Waals surface area contributed by atoms with Gasteiger partial charge in [0.1, 0.15) is 0 Å². The van der Waals surface area contributed by atoms with Gasteiger partial charge >= 0.3 is 0 Å². The quantitative estimate of drug-likeness (QED) is 0.713. The number of rotatable bonds is 4. The van der Waals surface area contributed by atoms with E-state index in [-0.39, 0.29) is 0 Å². The van der Waals surface area contributed by atoms with Crippen molar-refractivity contribution in [3.8, 4) is 0 Å². The lowest BCUT2D eigenvalue weighted by Gasteiger charge is -2.08. The maximum absolute atomic E-state index is 4.56. The first-order valence-electron chi connectivity index (χ1n) is 6.76. The normalized spacial score (nSPS) is 11.1. The molecule has 0 radical (unpaired) electrons. The van der Waals surface area contributed by atoms with Crippen molar-refractivity contribution in [2.45, 2.75) is 33.7 Å². The maximum Gasteiger partial charge on any atom is 0.0641 e. The summed E-state index contributed by atoms with van der Waals surface area (Å²) >= 11 is 0. The number of nitrogens with zero attached hydrogens (tertiary/aromatic N) is 1. The molecule has 0 aliphatic carbocycles. The van der Waals surface area contributed by atoms with Crippen LogP contribution in [-0.2, 0) is 13.0 Å². The SMILES string of the molecule is Cc1cc(C)c(CN=CCc2ccccc2)c(C)c1. The van der Waals surface area contributed by atoms with Crippen LogP contribution in [0.5, 0.6) is 0 Å². The number of benzene rings is 2. The highest BCUT2D eigenvalue weighted by atomic mass is 14.7. The molecule has 0 heterocycles. The van der Waals surface area contributed by atoms with Gasteiger partial charge in [-0.3, -0.25) is 4.99 Å². The maximum atomic E-state index is 4.56. The molecule has 2 aromatic carbocycles. The molecule has 0 bridgehead atoms. The molecule has 1 heteroatoms. The minimum absolute atomic E-state index is 0.783. The fraction of sp³-hybridized carbons (Fsp3) is 0.278. The largest absolute Gasteiger partial charge is 0.292 e. The highest BCUT2D eigenvalue weighted by molar-refractivity contribution is 5.61. The minimum atomic E-state index is 0.783. The first-order chi connectivity index (χ1) is 9.16. The molecule has 2 aromatic rings. The number of hydrogen-bond donors (Lipinski definition) is 0.